The second-order valence-electron chi connectivity index (χ2n) is 3.77. The third-order valence-corrected chi connectivity index (χ3v) is 3.46. The number of hydrogen-bond donors (Lipinski definition) is 2. The van der Waals surface area contributed by atoms with Crippen LogP contribution in [-0.2, 0) is 6.54 Å². The predicted octanol–water partition coefficient (Wildman–Crippen LogP) is 1.14. The maximum Gasteiger partial charge on any atom is 0.343 e. The number of nitrogens with one attached hydrogen (secondary N) is 1. The maximum atomic E-state index is 11.4. The fourth-order valence-electron chi connectivity index (χ4n) is 1.52. The molecule has 19 heavy (non-hydrogen) atoms. The Morgan fingerprint density at radius 3 is 2.89 bits per heavy atom. The van der Waals surface area contributed by atoms with E-state index in [1.807, 2.05) is 6.92 Å². The molecule has 0 spiro atoms. The summed E-state index contributed by atoms with van der Waals surface area (Å²) in [6.07, 6.45) is 0. The van der Waals surface area contributed by atoms with Gasteiger partial charge in [0, 0.05) is 12.2 Å². The van der Waals surface area contributed by atoms with E-state index in [2.05, 4.69) is 15.2 Å². The zero-order valence-corrected chi connectivity index (χ0v) is 11.2. The van der Waals surface area contributed by atoms with Gasteiger partial charge in [-0.3, -0.25) is 4.57 Å². The summed E-state index contributed by atoms with van der Waals surface area (Å²) in [4.78, 5) is 26.8. The highest BCUT2D eigenvalue weighted by Crippen LogP contribution is 2.26. The number of carboxylic acid groups (broad SMARTS) is 1. The Labute approximate surface area is 112 Å². The number of hydrogen-bond acceptors (Lipinski definition) is 5. The van der Waals surface area contributed by atoms with Crippen LogP contribution in [0.25, 0.3) is 0 Å². The monoisotopic (exact) mass is 280 g/mol. The first-order valence-electron chi connectivity index (χ1n) is 5.57. The molecule has 0 bridgehead atoms. The summed E-state index contributed by atoms with van der Waals surface area (Å²) >= 11 is 1.06. The quantitative estimate of drug-likeness (QED) is 0.871. The Morgan fingerprint density at radius 2 is 2.26 bits per heavy atom. The standard InChI is InChI=1S/C11H12N4O3S/c1-3-15-10(18)13-14-11(15)19-8-7(9(16)17)5-4-6(2)12-8/h4-5H,3H2,1-2H3,(H,13,18)(H,16,17). The van der Waals surface area contributed by atoms with Gasteiger partial charge in [0.1, 0.15) is 5.03 Å². The molecule has 2 heterocycles. The number of aromatic nitrogens is 4. The highest BCUT2D eigenvalue weighted by molar-refractivity contribution is 7.99. The summed E-state index contributed by atoms with van der Waals surface area (Å²) in [5.41, 5.74) is 0.469. The van der Waals surface area contributed by atoms with Crippen LogP contribution in [0.15, 0.2) is 27.1 Å². The van der Waals surface area contributed by atoms with Crippen LogP contribution < -0.4 is 5.69 Å². The van der Waals surface area contributed by atoms with Gasteiger partial charge in [-0.2, -0.15) is 0 Å². The van der Waals surface area contributed by atoms with E-state index in [1.165, 1.54) is 10.6 Å². The van der Waals surface area contributed by atoms with E-state index >= 15 is 0 Å². The number of rotatable bonds is 4. The Morgan fingerprint density at radius 1 is 1.53 bits per heavy atom. The van der Waals surface area contributed by atoms with Crippen molar-refractivity contribution in [2.75, 3.05) is 0 Å². The fourth-order valence-corrected chi connectivity index (χ4v) is 2.56. The minimum Gasteiger partial charge on any atom is -0.478 e. The minimum atomic E-state index is -1.06. The van der Waals surface area contributed by atoms with Gasteiger partial charge in [0.15, 0.2) is 5.16 Å². The molecule has 0 amide bonds. The van der Waals surface area contributed by atoms with Crippen molar-refractivity contribution in [2.24, 2.45) is 0 Å². The van der Waals surface area contributed by atoms with Gasteiger partial charge in [0.25, 0.3) is 0 Å². The third kappa shape index (κ3) is 2.68. The largest absolute Gasteiger partial charge is 0.478 e. The van der Waals surface area contributed by atoms with Crippen LogP contribution in [0.2, 0.25) is 0 Å². The van der Waals surface area contributed by atoms with Crippen LogP contribution in [0.1, 0.15) is 23.0 Å². The number of aryl methyl sites for hydroxylation is 1. The lowest BCUT2D eigenvalue weighted by atomic mass is 10.2. The van der Waals surface area contributed by atoms with Gasteiger partial charge in [-0.1, -0.05) is 0 Å². The van der Waals surface area contributed by atoms with E-state index in [9.17, 15) is 9.59 Å². The molecule has 0 saturated carbocycles. The summed E-state index contributed by atoms with van der Waals surface area (Å²) in [5.74, 6) is -1.06. The molecule has 0 atom stereocenters. The van der Waals surface area contributed by atoms with Crippen molar-refractivity contribution in [1.82, 2.24) is 19.7 Å². The van der Waals surface area contributed by atoms with Crippen LogP contribution in [0.4, 0.5) is 0 Å². The van der Waals surface area contributed by atoms with Crippen molar-refractivity contribution in [1.29, 1.82) is 0 Å². The first-order chi connectivity index (χ1) is 9.02. The topological polar surface area (TPSA) is 101 Å². The Kier molecular flexibility index (Phi) is 3.70. The molecule has 100 valence electrons. The molecule has 0 fully saturated rings. The average Bonchev–Trinajstić information content (AvgIpc) is 2.69. The third-order valence-electron chi connectivity index (χ3n) is 2.46. The van der Waals surface area contributed by atoms with E-state index in [0.717, 1.165) is 11.8 Å². The summed E-state index contributed by atoms with van der Waals surface area (Å²) in [5, 5.41) is 16.0. The van der Waals surface area contributed by atoms with Gasteiger partial charge >= 0.3 is 11.7 Å². The zero-order chi connectivity index (χ0) is 14.0. The Balaban J connectivity index is 2.45. The van der Waals surface area contributed by atoms with Gasteiger partial charge in [-0.05, 0) is 37.7 Å². The average molecular weight is 280 g/mol. The molecule has 0 saturated heterocycles. The van der Waals surface area contributed by atoms with Crippen LogP contribution in [0.5, 0.6) is 0 Å². The second kappa shape index (κ2) is 5.27. The van der Waals surface area contributed by atoms with Crippen LogP contribution in [0.3, 0.4) is 0 Å². The van der Waals surface area contributed by atoms with E-state index in [-0.39, 0.29) is 11.3 Å². The fraction of sp³-hybridized carbons (Fsp3) is 0.273. The van der Waals surface area contributed by atoms with E-state index in [4.69, 9.17) is 5.11 Å². The van der Waals surface area contributed by atoms with Gasteiger partial charge in [0.05, 0.1) is 5.56 Å². The number of H-pyrrole nitrogens is 1. The first kappa shape index (κ1) is 13.3. The molecule has 0 aliphatic carbocycles. The Hall–Kier alpha value is -2.09. The zero-order valence-electron chi connectivity index (χ0n) is 10.4. The lowest BCUT2D eigenvalue weighted by Gasteiger charge is -2.05. The van der Waals surface area contributed by atoms with Crippen LogP contribution in [0, 0.1) is 6.92 Å². The van der Waals surface area contributed by atoms with Crippen molar-refractivity contribution in [3.05, 3.63) is 33.9 Å². The first-order valence-corrected chi connectivity index (χ1v) is 6.38. The van der Waals surface area contributed by atoms with Crippen molar-refractivity contribution >= 4 is 17.7 Å². The number of aromatic carboxylic acids is 1. The molecular formula is C11H12N4O3S. The van der Waals surface area contributed by atoms with E-state index < -0.39 is 5.97 Å². The van der Waals surface area contributed by atoms with Crippen LogP contribution >= 0.6 is 11.8 Å². The molecule has 2 rings (SSSR count). The smallest absolute Gasteiger partial charge is 0.343 e. The molecule has 0 radical (unpaired) electrons. The van der Waals surface area contributed by atoms with Gasteiger partial charge in [0.2, 0.25) is 0 Å². The summed E-state index contributed by atoms with van der Waals surface area (Å²) < 4.78 is 1.42. The predicted molar refractivity (Wildman–Crippen MR) is 68.6 cm³/mol. The van der Waals surface area contributed by atoms with E-state index in [0.29, 0.717) is 22.4 Å². The number of nitrogens with zero attached hydrogens (tertiary/aromatic N) is 3. The summed E-state index contributed by atoms with van der Waals surface area (Å²) in [6.45, 7) is 4.03. The van der Waals surface area contributed by atoms with Crippen molar-refractivity contribution in [2.45, 2.75) is 30.6 Å². The van der Waals surface area contributed by atoms with Crippen molar-refractivity contribution in [3.63, 3.8) is 0 Å². The molecule has 0 unspecified atom stereocenters. The van der Waals surface area contributed by atoms with Gasteiger partial charge in [-0.25, -0.2) is 19.7 Å². The SMILES string of the molecule is CCn1c(Sc2nc(C)ccc2C(=O)O)n[nH]c1=O. The molecule has 0 aromatic carbocycles. The molecule has 2 aromatic heterocycles. The second-order valence-corrected chi connectivity index (χ2v) is 4.72. The molecule has 2 N–H and O–H groups in total. The summed E-state index contributed by atoms with van der Waals surface area (Å²) in [7, 11) is 0. The molecule has 0 aliphatic heterocycles. The highest BCUT2D eigenvalue weighted by atomic mass is 32.2. The van der Waals surface area contributed by atoms with Gasteiger partial charge < -0.3 is 5.11 Å². The number of carboxylic acids is 1. The van der Waals surface area contributed by atoms with Crippen molar-refractivity contribution in [3.8, 4) is 0 Å². The lowest BCUT2D eigenvalue weighted by molar-refractivity contribution is 0.0692. The number of pyridine rings is 1. The molecule has 0 aliphatic rings. The molecule has 8 heteroatoms. The normalized spacial score (nSPS) is 10.6. The van der Waals surface area contributed by atoms with Crippen LogP contribution in [-0.4, -0.2) is 30.8 Å². The maximum absolute atomic E-state index is 11.4. The molecular weight excluding hydrogens is 268 g/mol. The van der Waals surface area contributed by atoms with E-state index in [1.54, 1.807) is 13.0 Å². The number of aromatic amines is 1. The molecule has 7 nitrogen and oxygen atoms in total. The summed E-state index contributed by atoms with van der Waals surface area (Å²) in [6, 6.07) is 3.12. The Bertz CT molecular complexity index is 677. The van der Waals surface area contributed by atoms with Gasteiger partial charge in [-0.15, -0.1) is 5.10 Å². The lowest BCUT2D eigenvalue weighted by Crippen LogP contribution is -2.16. The highest BCUT2D eigenvalue weighted by Gasteiger charge is 2.16. The molecule has 2 aromatic rings. The van der Waals surface area contributed by atoms with Crippen molar-refractivity contribution < 1.29 is 9.90 Å². The number of carbonyl (C=O) groups is 1. The minimum absolute atomic E-state index is 0.0914.